The van der Waals surface area contributed by atoms with Gasteiger partial charge in [0.1, 0.15) is 0 Å². The Labute approximate surface area is 122 Å². The molecule has 1 aromatic rings. The van der Waals surface area contributed by atoms with E-state index >= 15 is 0 Å². The minimum atomic E-state index is -0.851. The summed E-state index contributed by atoms with van der Waals surface area (Å²) in [7, 11) is 1.52. The number of hydrogen-bond donors (Lipinski definition) is 3. The Morgan fingerprint density at radius 2 is 1.81 bits per heavy atom. The van der Waals surface area contributed by atoms with Crippen molar-refractivity contribution >= 4 is 23.5 Å². The van der Waals surface area contributed by atoms with Crippen molar-refractivity contribution in [2.75, 3.05) is 12.4 Å². The van der Waals surface area contributed by atoms with Gasteiger partial charge >= 0.3 is 5.97 Å². The second kappa shape index (κ2) is 6.39. The fraction of sp³-hybridized carbons (Fsp3) is 0.400. The average molecular weight is 290 g/mol. The van der Waals surface area contributed by atoms with E-state index in [1.807, 2.05) is 0 Å². The van der Waals surface area contributed by atoms with Crippen LogP contribution in [0.15, 0.2) is 24.3 Å². The number of benzene rings is 1. The van der Waals surface area contributed by atoms with E-state index in [-0.39, 0.29) is 17.7 Å². The molecule has 2 atom stereocenters. The van der Waals surface area contributed by atoms with Gasteiger partial charge in [0, 0.05) is 13.0 Å². The first-order valence-electron chi connectivity index (χ1n) is 6.87. The molecule has 1 fully saturated rings. The third kappa shape index (κ3) is 3.39. The van der Waals surface area contributed by atoms with Gasteiger partial charge in [0.15, 0.2) is 0 Å². The summed E-state index contributed by atoms with van der Waals surface area (Å²) in [5.74, 6) is -2.12. The molecule has 0 bridgehead atoms. The normalized spacial score (nSPS) is 20.8. The fourth-order valence-electron chi connectivity index (χ4n) is 2.60. The molecule has 0 heterocycles. The molecule has 0 aromatic heterocycles. The number of carbonyl (C=O) groups excluding carboxylic acids is 2. The van der Waals surface area contributed by atoms with Crippen molar-refractivity contribution < 1.29 is 19.5 Å². The molecule has 1 aromatic carbocycles. The minimum Gasteiger partial charge on any atom is -0.481 e. The van der Waals surface area contributed by atoms with Crippen LogP contribution >= 0.6 is 0 Å². The maximum atomic E-state index is 12.2. The van der Waals surface area contributed by atoms with Gasteiger partial charge < -0.3 is 15.7 Å². The van der Waals surface area contributed by atoms with Gasteiger partial charge in [-0.25, -0.2) is 0 Å². The highest BCUT2D eigenvalue weighted by Gasteiger charge is 2.34. The monoisotopic (exact) mass is 290 g/mol. The number of amides is 2. The molecule has 2 amide bonds. The second-order valence-corrected chi connectivity index (χ2v) is 5.16. The number of nitrogens with one attached hydrogen (secondary N) is 2. The molecular weight excluding hydrogens is 272 g/mol. The molecule has 6 nitrogen and oxygen atoms in total. The van der Waals surface area contributed by atoms with Gasteiger partial charge in [-0.05, 0) is 31.4 Å². The highest BCUT2D eigenvalue weighted by molar-refractivity contribution is 6.04. The minimum absolute atomic E-state index is 0.227. The summed E-state index contributed by atoms with van der Waals surface area (Å²) in [6.45, 7) is 0. The Kier molecular flexibility index (Phi) is 4.57. The molecule has 0 unspecified atom stereocenters. The summed E-state index contributed by atoms with van der Waals surface area (Å²) in [6, 6.07) is 6.74. The maximum Gasteiger partial charge on any atom is 0.306 e. The Morgan fingerprint density at radius 3 is 2.43 bits per heavy atom. The van der Waals surface area contributed by atoms with E-state index in [2.05, 4.69) is 10.6 Å². The Balaban J connectivity index is 2.07. The van der Waals surface area contributed by atoms with Crippen LogP contribution in [0.2, 0.25) is 0 Å². The van der Waals surface area contributed by atoms with E-state index < -0.39 is 11.9 Å². The molecule has 0 saturated heterocycles. The Morgan fingerprint density at radius 1 is 1.14 bits per heavy atom. The van der Waals surface area contributed by atoms with Gasteiger partial charge in [-0.1, -0.05) is 12.1 Å². The number of para-hydroxylation sites is 1. The summed E-state index contributed by atoms with van der Waals surface area (Å²) in [5.41, 5.74) is 0.835. The lowest BCUT2D eigenvalue weighted by molar-refractivity contribution is -0.141. The van der Waals surface area contributed by atoms with E-state index in [0.717, 1.165) is 0 Å². The molecule has 2 rings (SSSR count). The molecule has 0 radical (unpaired) electrons. The van der Waals surface area contributed by atoms with Crippen molar-refractivity contribution in [3.8, 4) is 0 Å². The second-order valence-electron chi connectivity index (χ2n) is 5.16. The van der Waals surface area contributed by atoms with Crippen molar-refractivity contribution in [1.82, 2.24) is 5.32 Å². The van der Waals surface area contributed by atoms with Crippen molar-refractivity contribution in [1.29, 1.82) is 0 Å². The molecule has 0 aliphatic heterocycles. The van der Waals surface area contributed by atoms with E-state index in [9.17, 15) is 14.4 Å². The molecule has 112 valence electrons. The summed E-state index contributed by atoms with van der Waals surface area (Å²) in [6.07, 6.45) is 1.43. The van der Waals surface area contributed by atoms with Gasteiger partial charge in [0.2, 0.25) is 5.91 Å². The first-order chi connectivity index (χ1) is 10.0. The van der Waals surface area contributed by atoms with E-state index in [0.29, 0.717) is 30.5 Å². The topological polar surface area (TPSA) is 95.5 Å². The Hall–Kier alpha value is -2.37. The van der Waals surface area contributed by atoms with Crippen LogP contribution in [0.5, 0.6) is 0 Å². The molecule has 6 heteroatoms. The third-order valence-electron chi connectivity index (χ3n) is 3.81. The van der Waals surface area contributed by atoms with E-state index in [4.69, 9.17) is 5.11 Å². The van der Waals surface area contributed by atoms with Crippen LogP contribution in [0.1, 0.15) is 29.6 Å². The van der Waals surface area contributed by atoms with Crippen LogP contribution in [0.25, 0.3) is 0 Å². The molecule has 0 spiro atoms. The molecular formula is C15H18N2O4. The van der Waals surface area contributed by atoms with Crippen LogP contribution in [0.3, 0.4) is 0 Å². The van der Waals surface area contributed by atoms with Crippen LogP contribution < -0.4 is 10.6 Å². The number of carboxylic acid groups (broad SMARTS) is 1. The van der Waals surface area contributed by atoms with Crippen LogP contribution in [0, 0.1) is 11.8 Å². The fourth-order valence-corrected chi connectivity index (χ4v) is 2.60. The van der Waals surface area contributed by atoms with Gasteiger partial charge in [-0.3, -0.25) is 14.4 Å². The van der Waals surface area contributed by atoms with Crippen molar-refractivity contribution in [3.05, 3.63) is 29.8 Å². The van der Waals surface area contributed by atoms with Gasteiger partial charge in [0.05, 0.1) is 17.2 Å². The summed E-state index contributed by atoms with van der Waals surface area (Å²) in [5, 5.41) is 14.2. The Bertz CT molecular complexity index is 571. The first kappa shape index (κ1) is 15.0. The lowest BCUT2D eigenvalue weighted by Gasteiger charge is -2.13. The van der Waals surface area contributed by atoms with E-state index in [1.165, 1.54) is 7.05 Å². The lowest BCUT2D eigenvalue weighted by Crippen LogP contribution is -2.25. The standard InChI is InChI=1S/C15H18N2O4/c1-16-14(19)11-4-2-3-5-12(11)17-13(18)9-6-7-10(8-9)15(20)21/h2-5,9-10H,6-8H2,1H3,(H,16,19)(H,17,18)(H,20,21)/t9-,10+/m1/s1. The smallest absolute Gasteiger partial charge is 0.306 e. The van der Waals surface area contributed by atoms with Crippen molar-refractivity contribution in [2.24, 2.45) is 11.8 Å². The molecule has 1 aliphatic rings. The summed E-state index contributed by atoms with van der Waals surface area (Å²) >= 11 is 0. The first-order valence-corrected chi connectivity index (χ1v) is 6.87. The number of carbonyl (C=O) groups is 3. The lowest BCUT2D eigenvalue weighted by atomic mass is 10.0. The maximum absolute atomic E-state index is 12.2. The van der Waals surface area contributed by atoms with E-state index in [1.54, 1.807) is 24.3 Å². The van der Waals surface area contributed by atoms with Gasteiger partial charge in [-0.2, -0.15) is 0 Å². The number of rotatable bonds is 4. The zero-order valence-electron chi connectivity index (χ0n) is 11.8. The highest BCUT2D eigenvalue weighted by Crippen LogP contribution is 2.32. The number of anilines is 1. The number of carboxylic acids is 1. The molecule has 1 saturated carbocycles. The number of aliphatic carboxylic acids is 1. The largest absolute Gasteiger partial charge is 0.481 e. The number of hydrogen-bond acceptors (Lipinski definition) is 3. The predicted molar refractivity (Wildman–Crippen MR) is 76.9 cm³/mol. The van der Waals surface area contributed by atoms with Crippen LogP contribution in [0.4, 0.5) is 5.69 Å². The summed E-state index contributed by atoms with van der Waals surface area (Å²) in [4.78, 5) is 34.9. The molecule has 21 heavy (non-hydrogen) atoms. The highest BCUT2D eigenvalue weighted by atomic mass is 16.4. The average Bonchev–Trinajstić information content (AvgIpc) is 2.97. The molecule has 1 aliphatic carbocycles. The third-order valence-corrected chi connectivity index (χ3v) is 3.81. The van der Waals surface area contributed by atoms with Crippen molar-refractivity contribution in [2.45, 2.75) is 19.3 Å². The van der Waals surface area contributed by atoms with Gasteiger partial charge in [-0.15, -0.1) is 0 Å². The quantitative estimate of drug-likeness (QED) is 0.782. The van der Waals surface area contributed by atoms with Crippen LogP contribution in [-0.2, 0) is 9.59 Å². The van der Waals surface area contributed by atoms with Crippen molar-refractivity contribution in [3.63, 3.8) is 0 Å². The SMILES string of the molecule is CNC(=O)c1ccccc1NC(=O)[C@@H]1CC[C@H](C(=O)O)C1. The van der Waals surface area contributed by atoms with Gasteiger partial charge in [0.25, 0.3) is 5.91 Å². The predicted octanol–water partition coefficient (Wildman–Crippen LogP) is 1.49. The zero-order chi connectivity index (χ0) is 15.4. The zero-order valence-corrected chi connectivity index (χ0v) is 11.8. The molecule has 3 N–H and O–H groups in total. The summed E-state index contributed by atoms with van der Waals surface area (Å²) < 4.78 is 0. The van der Waals surface area contributed by atoms with Crippen LogP contribution in [-0.4, -0.2) is 29.9 Å².